The molecule has 106 valence electrons. The first kappa shape index (κ1) is 13.2. The van der Waals surface area contributed by atoms with Crippen LogP contribution in [0.3, 0.4) is 0 Å². The molecule has 2 amide bonds. The number of rotatable bonds is 3. The quantitative estimate of drug-likeness (QED) is 0.689. The van der Waals surface area contributed by atoms with Crippen LogP contribution < -0.4 is 10.6 Å². The maximum Gasteiger partial charge on any atom is 0.319 e. The zero-order chi connectivity index (χ0) is 14.7. The van der Waals surface area contributed by atoms with Crippen LogP contribution in [0.1, 0.15) is 11.4 Å². The maximum absolute atomic E-state index is 11.8. The minimum atomic E-state index is -0.251. The molecule has 0 radical (unpaired) electrons. The van der Waals surface area contributed by atoms with Crippen LogP contribution in [-0.4, -0.2) is 16.0 Å². The van der Waals surface area contributed by atoms with Crippen molar-refractivity contribution in [3.63, 3.8) is 0 Å². The highest BCUT2D eigenvalue weighted by Gasteiger charge is 2.05. The van der Waals surface area contributed by atoms with Crippen LogP contribution in [0.4, 0.5) is 10.5 Å². The van der Waals surface area contributed by atoms with Gasteiger partial charge in [0, 0.05) is 5.69 Å². The van der Waals surface area contributed by atoms with Gasteiger partial charge in [0.15, 0.2) is 0 Å². The van der Waals surface area contributed by atoms with Crippen LogP contribution in [0.25, 0.3) is 11.0 Å². The molecule has 0 bridgehead atoms. The average Bonchev–Trinajstić information content (AvgIpc) is 2.90. The summed E-state index contributed by atoms with van der Waals surface area (Å²) >= 11 is 0. The van der Waals surface area contributed by atoms with Crippen molar-refractivity contribution in [3.05, 3.63) is 59.9 Å². The summed E-state index contributed by atoms with van der Waals surface area (Å²) in [6.07, 6.45) is 0. The van der Waals surface area contributed by atoms with Crippen LogP contribution in [0.5, 0.6) is 0 Å². The molecule has 3 rings (SSSR count). The highest BCUT2D eigenvalue weighted by Crippen LogP contribution is 2.10. The van der Waals surface area contributed by atoms with Crippen molar-refractivity contribution >= 4 is 22.8 Å². The van der Waals surface area contributed by atoms with Gasteiger partial charge in [-0.05, 0) is 31.2 Å². The van der Waals surface area contributed by atoms with E-state index in [1.165, 1.54) is 0 Å². The molecule has 0 fully saturated rings. The summed E-state index contributed by atoms with van der Waals surface area (Å²) < 4.78 is 0. The highest BCUT2D eigenvalue weighted by molar-refractivity contribution is 5.89. The monoisotopic (exact) mass is 280 g/mol. The third-order valence-corrected chi connectivity index (χ3v) is 3.16. The first-order valence-corrected chi connectivity index (χ1v) is 6.76. The first-order chi connectivity index (χ1) is 10.2. The molecular weight excluding hydrogens is 264 g/mol. The standard InChI is InChI=1S/C16H16N4O/c1-11-6-8-12(9-7-11)18-16(21)17-10-15-19-13-4-2-3-5-14(13)20-15/h2-9H,10H2,1H3,(H,19,20)(H2,17,18,21). The van der Waals surface area contributed by atoms with Crippen molar-refractivity contribution in [3.8, 4) is 0 Å². The van der Waals surface area contributed by atoms with Crippen LogP contribution in [-0.2, 0) is 6.54 Å². The number of fused-ring (bicyclic) bond motifs is 1. The molecule has 0 unspecified atom stereocenters. The van der Waals surface area contributed by atoms with Gasteiger partial charge in [-0.15, -0.1) is 0 Å². The number of aromatic amines is 1. The molecule has 0 spiro atoms. The third kappa shape index (κ3) is 3.20. The van der Waals surface area contributed by atoms with Crippen molar-refractivity contribution in [2.45, 2.75) is 13.5 Å². The predicted octanol–water partition coefficient (Wildman–Crippen LogP) is 3.19. The molecule has 1 aromatic heterocycles. The van der Waals surface area contributed by atoms with E-state index in [1.54, 1.807) is 0 Å². The lowest BCUT2D eigenvalue weighted by molar-refractivity contribution is 0.251. The number of H-pyrrole nitrogens is 1. The largest absolute Gasteiger partial charge is 0.340 e. The maximum atomic E-state index is 11.8. The van der Waals surface area contributed by atoms with E-state index in [-0.39, 0.29) is 6.03 Å². The first-order valence-electron chi connectivity index (χ1n) is 6.76. The molecule has 5 nitrogen and oxygen atoms in total. The van der Waals surface area contributed by atoms with E-state index in [4.69, 9.17) is 0 Å². The van der Waals surface area contributed by atoms with Gasteiger partial charge in [-0.25, -0.2) is 9.78 Å². The number of amides is 2. The zero-order valence-electron chi connectivity index (χ0n) is 11.7. The number of imidazole rings is 1. The number of carbonyl (C=O) groups excluding carboxylic acids is 1. The lowest BCUT2D eigenvalue weighted by Crippen LogP contribution is -2.28. The van der Waals surface area contributed by atoms with Crippen molar-refractivity contribution in [1.29, 1.82) is 0 Å². The van der Waals surface area contributed by atoms with E-state index >= 15 is 0 Å². The lowest BCUT2D eigenvalue weighted by Gasteiger charge is -2.06. The Labute approximate surface area is 122 Å². The summed E-state index contributed by atoms with van der Waals surface area (Å²) in [5.74, 6) is 0.732. The van der Waals surface area contributed by atoms with E-state index in [1.807, 2.05) is 55.5 Å². The summed E-state index contributed by atoms with van der Waals surface area (Å²) in [6, 6.07) is 15.2. The number of nitrogens with zero attached hydrogens (tertiary/aromatic N) is 1. The minimum absolute atomic E-state index is 0.251. The number of anilines is 1. The van der Waals surface area contributed by atoms with Gasteiger partial charge in [0.05, 0.1) is 17.6 Å². The molecule has 0 aliphatic rings. The number of hydrogen-bond donors (Lipinski definition) is 3. The highest BCUT2D eigenvalue weighted by atomic mass is 16.2. The second-order valence-electron chi connectivity index (χ2n) is 4.87. The van der Waals surface area contributed by atoms with Gasteiger partial charge < -0.3 is 15.6 Å². The van der Waals surface area contributed by atoms with Crippen molar-refractivity contribution < 1.29 is 4.79 Å². The van der Waals surface area contributed by atoms with E-state index in [0.29, 0.717) is 6.54 Å². The molecule has 0 aliphatic carbocycles. The Hall–Kier alpha value is -2.82. The van der Waals surface area contributed by atoms with Gasteiger partial charge >= 0.3 is 6.03 Å². The molecule has 0 atom stereocenters. The Kier molecular flexibility index (Phi) is 3.55. The summed E-state index contributed by atoms with van der Waals surface area (Å²) in [4.78, 5) is 19.4. The summed E-state index contributed by atoms with van der Waals surface area (Å²) in [5.41, 5.74) is 3.78. The van der Waals surface area contributed by atoms with E-state index in [9.17, 15) is 4.79 Å². The molecule has 5 heteroatoms. The molecule has 3 aromatic rings. The summed E-state index contributed by atoms with van der Waals surface area (Å²) in [7, 11) is 0. The Balaban J connectivity index is 1.59. The molecule has 0 aliphatic heterocycles. The van der Waals surface area contributed by atoms with Gasteiger partial charge in [0.1, 0.15) is 5.82 Å². The normalized spacial score (nSPS) is 10.5. The number of aromatic nitrogens is 2. The fraction of sp³-hybridized carbons (Fsp3) is 0.125. The van der Waals surface area contributed by atoms with Crippen LogP contribution in [0.15, 0.2) is 48.5 Å². The van der Waals surface area contributed by atoms with Gasteiger partial charge in [0.2, 0.25) is 0 Å². The zero-order valence-corrected chi connectivity index (χ0v) is 11.7. The number of urea groups is 1. The van der Waals surface area contributed by atoms with E-state index < -0.39 is 0 Å². The van der Waals surface area contributed by atoms with E-state index in [2.05, 4.69) is 20.6 Å². The van der Waals surface area contributed by atoms with Crippen LogP contribution in [0, 0.1) is 6.92 Å². The summed E-state index contributed by atoms with van der Waals surface area (Å²) in [5, 5.41) is 5.56. The van der Waals surface area contributed by atoms with Gasteiger partial charge in [0.25, 0.3) is 0 Å². The smallest absolute Gasteiger partial charge is 0.319 e. The lowest BCUT2D eigenvalue weighted by atomic mass is 10.2. The molecule has 0 saturated carbocycles. The number of aryl methyl sites for hydroxylation is 1. The molecule has 0 saturated heterocycles. The SMILES string of the molecule is Cc1ccc(NC(=O)NCc2nc3ccccc3[nH]2)cc1. The number of benzene rings is 2. The van der Waals surface area contributed by atoms with Crippen LogP contribution in [0.2, 0.25) is 0 Å². The topological polar surface area (TPSA) is 69.8 Å². The fourth-order valence-electron chi connectivity index (χ4n) is 2.07. The predicted molar refractivity (Wildman–Crippen MR) is 83.1 cm³/mol. The van der Waals surface area contributed by atoms with Crippen molar-refractivity contribution in [2.24, 2.45) is 0 Å². The minimum Gasteiger partial charge on any atom is -0.340 e. The molecule has 3 N–H and O–H groups in total. The number of carbonyl (C=O) groups is 1. The van der Waals surface area contributed by atoms with Crippen molar-refractivity contribution in [2.75, 3.05) is 5.32 Å². The second-order valence-corrected chi connectivity index (χ2v) is 4.87. The Morgan fingerprint density at radius 3 is 2.67 bits per heavy atom. The molecule has 2 aromatic carbocycles. The van der Waals surface area contributed by atoms with Gasteiger partial charge in [-0.3, -0.25) is 0 Å². The number of para-hydroxylation sites is 2. The van der Waals surface area contributed by atoms with Gasteiger partial charge in [-0.1, -0.05) is 29.8 Å². The Morgan fingerprint density at radius 2 is 1.90 bits per heavy atom. The average molecular weight is 280 g/mol. The van der Waals surface area contributed by atoms with E-state index in [0.717, 1.165) is 28.1 Å². The Bertz CT molecular complexity index is 728. The van der Waals surface area contributed by atoms with Gasteiger partial charge in [-0.2, -0.15) is 0 Å². The molecule has 21 heavy (non-hydrogen) atoms. The number of hydrogen-bond acceptors (Lipinski definition) is 2. The third-order valence-electron chi connectivity index (χ3n) is 3.16. The number of nitrogens with one attached hydrogen (secondary N) is 3. The second kappa shape index (κ2) is 5.66. The van der Waals surface area contributed by atoms with Crippen LogP contribution >= 0.6 is 0 Å². The Morgan fingerprint density at radius 1 is 1.14 bits per heavy atom. The molecule has 1 heterocycles. The van der Waals surface area contributed by atoms with Crippen molar-refractivity contribution in [1.82, 2.24) is 15.3 Å². The summed E-state index contributed by atoms with van der Waals surface area (Å²) in [6.45, 7) is 2.36. The molecular formula is C16H16N4O. The fourth-order valence-corrected chi connectivity index (χ4v) is 2.07.